The fraction of sp³-hybridized carbons (Fsp3) is 0.647. The first-order chi connectivity index (χ1) is 9.52. The molecule has 1 fully saturated rings. The molecular formula is C17H27ClN2. The zero-order valence-corrected chi connectivity index (χ0v) is 13.9. The highest BCUT2D eigenvalue weighted by Gasteiger charge is 2.29. The van der Waals surface area contributed by atoms with Crippen LogP contribution in [0.25, 0.3) is 0 Å². The Hall–Kier alpha value is -0.730. The van der Waals surface area contributed by atoms with Crippen molar-refractivity contribution in [2.45, 2.75) is 52.1 Å². The van der Waals surface area contributed by atoms with Gasteiger partial charge in [0, 0.05) is 29.3 Å². The van der Waals surface area contributed by atoms with Gasteiger partial charge in [-0.15, -0.1) is 0 Å². The first-order valence-electron chi connectivity index (χ1n) is 7.76. The van der Waals surface area contributed by atoms with Crippen molar-refractivity contribution in [3.8, 4) is 0 Å². The summed E-state index contributed by atoms with van der Waals surface area (Å²) in [6.45, 7) is 7.85. The Kier molecular flexibility index (Phi) is 5.34. The SMILES string of the molecule is CNC(C)c1ccc(N(CCC(C)C)C2CC2)cc1Cl. The second-order valence-electron chi connectivity index (χ2n) is 6.32. The molecule has 20 heavy (non-hydrogen) atoms. The van der Waals surface area contributed by atoms with Crippen molar-refractivity contribution < 1.29 is 0 Å². The normalized spacial score (nSPS) is 16.5. The Morgan fingerprint density at radius 2 is 2.00 bits per heavy atom. The predicted octanol–water partition coefficient (Wildman–Crippen LogP) is 4.64. The van der Waals surface area contributed by atoms with Gasteiger partial charge in [0.05, 0.1) is 0 Å². The number of hydrogen-bond donors (Lipinski definition) is 1. The Balaban J connectivity index is 2.15. The van der Waals surface area contributed by atoms with E-state index >= 15 is 0 Å². The number of nitrogens with zero attached hydrogens (tertiary/aromatic N) is 1. The maximum atomic E-state index is 6.47. The average Bonchev–Trinajstić information content (AvgIpc) is 3.22. The lowest BCUT2D eigenvalue weighted by Crippen LogP contribution is -2.27. The first kappa shape index (κ1) is 15.7. The van der Waals surface area contributed by atoms with Crippen LogP contribution < -0.4 is 10.2 Å². The van der Waals surface area contributed by atoms with E-state index in [2.05, 4.69) is 49.2 Å². The molecule has 1 unspecified atom stereocenters. The highest BCUT2D eigenvalue weighted by atomic mass is 35.5. The topological polar surface area (TPSA) is 15.3 Å². The van der Waals surface area contributed by atoms with E-state index in [1.165, 1.54) is 30.5 Å². The van der Waals surface area contributed by atoms with E-state index in [-0.39, 0.29) is 0 Å². The van der Waals surface area contributed by atoms with Crippen LogP contribution in [0.3, 0.4) is 0 Å². The Bertz CT molecular complexity index is 441. The lowest BCUT2D eigenvalue weighted by atomic mass is 10.1. The average molecular weight is 295 g/mol. The van der Waals surface area contributed by atoms with Gasteiger partial charge in [0.15, 0.2) is 0 Å². The zero-order valence-electron chi connectivity index (χ0n) is 13.1. The Labute approximate surface area is 128 Å². The number of hydrogen-bond acceptors (Lipinski definition) is 2. The fourth-order valence-corrected chi connectivity index (χ4v) is 2.85. The van der Waals surface area contributed by atoms with E-state index in [9.17, 15) is 0 Å². The van der Waals surface area contributed by atoms with Gasteiger partial charge in [0.2, 0.25) is 0 Å². The second-order valence-corrected chi connectivity index (χ2v) is 6.73. The van der Waals surface area contributed by atoms with Crippen molar-refractivity contribution in [3.05, 3.63) is 28.8 Å². The summed E-state index contributed by atoms with van der Waals surface area (Å²) in [6, 6.07) is 7.57. The number of nitrogens with one attached hydrogen (secondary N) is 1. The molecule has 1 aromatic carbocycles. The maximum absolute atomic E-state index is 6.47. The van der Waals surface area contributed by atoms with Gasteiger partial charge < -0.3 is 10.2 Å². The van der Waals surface area contributed by atoms with Crippen LogP contribution in [-0.4, -0.2) is 19.6 Å². The summed E-state index contributed by atoms with van der Waals surface area (Å²) in [6.07, 6.45) is 3.89. The van der Waals surface area contributed by atoms with E-state index < -0.39 is 0 Å². The lowest BCUT2D eigenvalue weighted by Gasteiger charge is -2.26. The minimum Gasteiger partial charge on any atom is -0.368 e. The van der Waals surface area contributed by atoms with Crippen LogP contribution in [0.1, 0.15) is 51.6 Å². The zero-order chi connectivity index (χ0) is 14.7. The standard InChI is InChI=1S/C17H27ClN2/c1-12(2)9-10-20(14-5-6-14)15-7-8-16(13(3)19-4)17(18)11-15/h7-8,11-14,19H,5-6,9-10H2,1-4H3. The largest absolute Gasteiger partial charge is 0.368 e. The molecule has 1 saturated carbocycles. The smallest absolute Gasteiger partial charge is 0.0474 e. The van der Waals surface area contributed by atoms with Crippen LogP contribution in [0.4, 0.5) is 5.69 Å². The third-order valence-corrected chi connectivity index (χ3v) is 4.48. The maximum Gasteiger partial charge on any atom is 0.0474 e. The van der Waals surface area contributed by atoms with Crippen molar-refractivity contribution in [2.75, 3.05) is 18.5 Å². The number of benzene rings is 1. The minimum atomic E-state index is 0.293. The molecule has 3 heteroatoms. The van der Waals surface area contributed by atoms with E-state index in [0.29, 0.717) is 6.04 Å². The van der Waals surface area contributed by atoms with Crippen LogP contribution in [0, 0.1) is 5.92 Å². The van der Waals surface area contributed by atoms with Crippen molar-refractivity contribution in [2.24, 2.45) is 5.92 Å². The van der Waals surface area contributed by atoms with E-state index in [4.69, 9.17) is 11.6 Å². The van der Waals surface area contributed by atoms with Crippen LogP contribution >= 0.6 is 11.6 Å². The molecule has 1 aliphatic rings. The molecule has 112 valence electrons. The molecule has 0 spiro atoms. The van der Waals surface area contributed by atoms with E-state index in [1.54, 1.807) is 0 Å². The molecule has 0 bridgehead atoms. The molecule has 1 atom stereocenters. The van der Waals surface area contributed by atoms with Crippen molar-refractivity contribution in [1.82, 2.24) is 5.32 Å². The third kappa shape index (κ3) is 3.89. The Morgan fingerprint density at radius 3 is 2.50 bits per heavy atom. The van der Waals surface area contributed by atoms with Crippen molar-refractivity contribution in [1.29, 1.82) is 0 Å². The molecule has 0 heterocycles. The molecule has 0 amide bonds. The van der Waals surface area contributed by atoms with Gasteiger partial charge in [0.25, 0.3) is 0 Å². The van der Waals surface area contributed by atoms with E-state index in [1.807, 2.05) is 7.05 Å². The van der Waals surface area contributed by atoms with Crippen molar-refractivity contribution in [3.63, 3.8) is 0 Å². The Morgan fingerprint density at radius 1 is 1.30 bits per heavy atom. The predicted molar refractivity (Wildman–Crippen MR) is 88.7 cm³/mol. The summed E-state index contributed by atoms with van der Waals surface area (Å²) in [7, 11) is 1.97. The number of anilines is 1. The summed E-state index contributed by atoms with van der Waals surface area (Å²) >= 11 is 6.47. The molecule has 1 N–H and O–H groups in total. The first-order valence-corrected chi connectivity index (χ1v) is 8.14. The summed E-state index contributed by atoms with van der Waals surface area (Å²) in [5.74, 6) is 0.746. The lowest BCUT2D eigenvalue weighted by molar-refractivity contribution is 0.570. The van der Waals surface area contributed by atoms with Crippen molar-refractivity contribution >= 4 is 17.3 Å². The molecule has 1 aromatic rings. The molecule has 0 radical (unpaired) electrons. The van der Waals surface area contributed by atoms with Crippen LogP contribution in [0.5, 0.6) is 0 Å². The monoisotopic (exact) mass is 294 g/mol. The molecule has 0 aliphatic heterocycles. The van der Waals surface area contributed by atoms with Crippen LogP contribution in [0.2, 0.25) is 5.02 Å². The molecule has 0 aromatic heterocycles. The van der Waals surface area contributed by atoms with Gasteiger partial charge in [-0.05, 0) is 56.8 Å². The number of halogens is 1. The van der Waals surface area contributed by atoms with Gasteiger partial charge in [-0.2, -0.15) is 0 Å². The van der Waals surface area contributed by atoms with Gasteiger partial charge in [-0.1, -0.05) is 31.5 Å². The summed E-state index contributed by atoms with van der Waals surface area (Å²) in [5.41, 5.74) is 2.46. The molecule has 2 nitrogen and oxygen atoms in total. The molecule has 2 rings (SSSR count). The van der Waals surface area contributed by atoms with Gasteiger partial charge >= 0.3 is 0 Å². The van der Waals surface area contributed by atoms with Gasteiger partial charge in [0.1, 0.15) is 0 Å². The minimum absolute atomic E-state index is 0.293. The van der Waals surface area contributed by atoms with Crippen LogP contribution in [0.15, 0.2) is 18.2 Å². The summed E-state index contributed by atoms with van der Waals surface area (Å²) < 4.78 is 0. The highest BCUT2D eigenvalue weighted by molar-refractivity contribution is 6.31. The van der Waals surface area contributed by atoms with Gasteiger partial charge in [-0.25, -0.2) is 0 Å². The van der Waals surface area contributed by atoms with E-state index in [0.717, 1.165) is 23.5 Å². The highest BCUT2D eigenvalue weighted by Crippen LogP contribution is 2.35. The molecule has 1 aliphatic carbocycles. The third-order valence-electron chi connectivity index (χ3n) is 4.15. The number of rotatable bonds is 7. The quantitative estimate of drug-likeness (QED) is 0.788. The molecule has 0 saturated heterocycles. The van der Waals surface area contributed by atoms with Gasteiger partial charge in [-0.3, -0.25) is 0 Å². The molecular weight excluding hydrogens is 268 g/mol. The summed E-state index contributed by atoms with van der Waals surface area (Å²) in [4.78, 5) is 2.54. The fourth-order valence-electron chi connectivity index (χ4n) is 2.51. The second kappa shape index (κ2) is 6.82. The van der Waals surface area contributed by atoms with Crippen LogP contribution in [-0.2, 0) is 0 Å². The summed E-state index contributed by atoms with van der Waals surface area (Å²) in [5, 5.41) is 4.12.